The summed E-state index contributed by atoms with van der Waals surface area (Å²) < 4.78 is 1.53. The summed E-state index contributed by atoms with van der Waals surface area (Å²) in [6.45, 7) is 0. The van der Waals surface area contributed by atoms with Crippen molar-refractivity contribution in [2.24, 2.45) is 0 Å². The molecule has 0 aliphatic heterocycles. The Labute approximate surface area is 159 Å². The molecule has 0 bridgehead atoms. The molecule has 4 rings (SSSR count). The molecule has 1 aliphatic carbocycles. The second-order valence-corrected chi connectivity index (χ2v) is 8.19. The Hall–Kier alpha value is -2.12. The van der Waals surface area contributed by atoms with Gasteiger partial charge in [-0.1, -0.05) is 12.1 Å². The van der Waals surface area contributed by atoms with Gasteiger partial charge in [0.05, 0.1) is 11.4 Å². The van der Waals surface area contributed by atoms with Crippen molar-refractivity contribution in [1.29, 1.82) is 0 Å². The first-order valence-corrected chi connectivity index (χ1v) is 10.7. The van der Waals surface area contributed by atoms with Gasteiger partial charge in [-0.15, -0.1) is 23.1 Å². The summed E-state index contributed by atoms with van der Waals surface area (Å²) in [7, 11) is 0. The first kappa shape index (κ1) is 17.3. The Bertz CT molecular complexity index is 1010. The van der Waals surface area contributed by atoms with E-state index >= 15 is 0 Å². The van der Waals surface area contributed by atoms with Gasteiger partial charge in [0, 0.05) is 29.1 Å². The molecule has 1 amide bonds. The van der Waals surface area contributed by atoms with Crippen LogP contribution in [0.1, 0.15) is 29.7 Å². The van der Waals surface area contributed by atoms with Crippen molar-refractivity contribution < 1.29 is 4.79 Å². The number of carbonyl (C=O) groups excluding carboxylic acids is 1. The quantitative estimate of drug-likeness (QED) is 0.730. The van der Waals surface area contributed by atoms with Crippen LogP contribution in [0.25, 0.3) is 4.96 Å². The SMILES string of the molecule is O=C(CSCc1cc(=O)n2ccsc2n1)Nc1cccc2c1CCCC2. The van der Waals surface area contributed by atoms with Crippen LogP contribution >= 0.6 is 23.1 Å². The zero-order valence-corrected chi connectivity index (χ0v) is 15.9. The summed E-state index contributed by atoms with van der Waals surface area (Å²) >= 11 is 2.91. The highest BCUT2D eigenvalue weighted by Gasteiger charge is 2.14. The van der Waals surface area contributed by atoms with Crippen LogP contribution in [0.5, 0.6) is 0 Å². The number of nitrogens with zero attached hydrogens (tertiary/aromatic N) is 2. The molecule has 0 spiro atoms. The second kappa shape index (κ2) is 7.63. The lowest BCUT2D eigenvalue weighted by Gasteiger charge is -2.19. The van der Waals surface area contributed by atoms with Crippen molar-refractivity contribution in [3.8, 4) is 0 Å². The Balaban J connectivity index is 1.36. The smallest absolute Gasteiger partial charge is 0.258 e. The first-order valence-electron chi connectivity index (χ1n) is 8.65. The monoisotopic (exact) mass is 385 g/mol. The molecule has 1 aliphatic rings. The lowest BCUT2D eigenvalue weighted by Crippen LogP contribution is -2.17. The lowest BCUT2D eigenvalue weighted by molar-refractivity contribution is -0.113. The summed E-state index contributed by atoms with van der Waals surface area (Å²) in [5.41, 5.74) is 4.23. The van der Waals surface area contributed by atoms with Crippen molar-refractivity contribution in [3.05, 3.63) is 63.0 Å². The molecule has 1 N–H and O–H groups in total. The minimum Gasteiger partial charge on any atom is -0.325 e. The number of hydrogen-bond donors (Lipinski definition) is 1. The fourth-order valence-corrected chi connectivity index (χ4v) is 4.75. The number of carbonyl (C=O) groups is 1. The van der Waals surface area contributed by atoms with Gasteiger partial charge in [-0.2, -0.15) is 0 Å². The highest BCUT2D eigenvalue weighted by Crippen LogP contribution is 2.28. The normalized spacial score (nSPS) is 13.5. The maximum atomic E-state index is 12.3. The van der Waals surface area contributed by atoms with Crippen LogP contribution in [0, 0.1) is 0 Å². The van der Waals surface area contributed by atoms with Gasteiger partial charge < -0.3 is 5.32 Å². The van der Waals surface area contributed by atoms with Gasteiger partial charge in [-0.25, -0.2) is 4.98 Å². The molecule has 26 heavy (non-hydrogen) atoms. The lowest BCUT2D eigenvalue weighted by atomic mass is 9.90. The topological polar surface area (TPSA) is 63.5 Å². The third kappa shape index (κ3) is 3.68. The van der Waals surface area contributed by atoms with E-state index < -0.39 is 0 Å². The molecule has 134 valence electrons. The maximum Gasteiger partial charge on any atom is 0.258 e. The number of rotatable bonds is 5. The van der Waals surface area contributed by atoms with E-state index in [2.05, 4.69) is 16.4 Å². The molecular formula is C19H19N3O2S2. The Morgan fingerprint density at radius 1 is 1.31 bits per heavy atom. The number of benzene rings is 1. The molecule has 0 atom stereocenters. The third-order valence-corrected chi connectivity index (χ3v) is 6.23. The molecule has 0 saturated heterocycles. The van der Waals surface area contributed by atoms with E-state index in [1.54, 1.807) is 6.20 Å². The molecule has 7 heteroatoms. The van der Waals surface area contributed by atoms with Crippen molar-refractivity contribution in [1.82, 2.24) is 9.38 Å². The van der Waals surface area contributed by atoms with E-state index in [0.29, 0.717) is 22.2 Å². The fraction of sp³-hybridized carbons (Fsp3) is 0.316. The highest BCUT2D eigenvalue weighted by molar-refractivity contribution is 7.99. The first-order chi connectivity index (χ1) is 12.7. The number of anilines is 1. The predicted octanol–water partition coefficient (Wildman–Crippen LogP) is 3.51. The molecule has 1 aromatic carbocycles. The summed E-state index contributed by atoms with van der Waals surface area (Å²) in [6, 6.07) is 7.70. The van der Waals surface area contributed by atoms with E-state index in [9.17, 15) is 9.59 Å². The molecule has 2 heterocycles. The van der Waals surface area contributed by atoms with E-state index in [1.807, 2.05) is 17.5 Å². The second-order valence-electron chi connectivity index (χ2n) is 6.33. The fourth-order valence-electron chi connectivity index (χ4n) is 3.29. The van der Waals surface area contributed by atoms with Gasteiger partial charge in [-0.3, -0.25) is 14.0 Å². The molecular weight excluding hydrogens is 366 g/mol. The largest absolute Gasteiger partial charge is 0.325 e. The van der Waals surface area contributed by atoms with E-state index in [1.165, 1.54) is 57.5 Å². The number of amides is 1. The molecule has 0 fully saturated rings. The van der Waals surface area contributed by atoms with Gasteiger partial charge in [0.1, 0.15) is 0 Å². The van der Waals surface area contributed by atoms with Gasteiger partial charge in [0.25, 0.3) is 5.56 Å². The number of thiazole rings is 1. The number of aryl methyl sites for hydroxylation is 1. The highest BCUT2D eigenvalue weighted by atomic mass is 32.2. The Morgan fingerprint density at radius 3 is 3.12 bits per heavy atom. The zero-order chi connectivity index (χ0) is 17.9. The van der Waals surface area contributed by atoms with Crippen LogP contribution in [0.15, 0.2) is 40.6 Å². The van der Waals surface area contributed by atoms with Crippen LogP contribution in [0.4, 0.5) is 5.69 Å². The van der Waals surface area contributed by atoms with Crippen LogP contribution in [-0.2, 0) is 23.4 Å². The van der Waals surface area contributed by atoms with E-state index in [4.69, 9.17) is 0 Å². The third-order valence-electron chi connectivity index (χ3n) is 4.51. The van der Waals surface area contributed by atoms with Gasteiger partial charge in [-0.05, 0) is 42.9 Å². The van der Waals surface area contributed by atoms with Crippen LogP contribution in [-0.4, -0.2) is 21.0 Å². The number of hydrogen-bond acceptors (Lipinski definition) is 5. The molecule has 2 aromatic heterocycles. The van der Waals surface area contributed by atoms with Gasteiger partial charge >= 0.3 is 0 Å². The van der Waals surface area contributed by atoms with Gasteiger partial charge in [0.2, 0.25) is 5.91 Å². The number of thioether (sulfide) groups is 1. The molecule has 0 saturated carbocycles. The summed E-state index contributed by atoms with van der Waals surface area (Å²) in [5, 5.41) is 4.89. The van der Waals surface area contributed by atoms with Gasteiger partial charge in [0.15, 0.2) is 4.96 Å². The Morgan fingerprint density at radius 2 is 2.19 bits per heavy atom. The molecule has 3 aromatic rings. The van der Waals surface area contributed by atoms with E-state index in [-0.39, 0.29) is 11.5 Å². The minimum atomic E-state index is -0.0767. The van der Waals surface area contributed by atoms with Crippen molar-refractivity contribution >= 4 is 39.7 Å². The zero-order valence-electron chi connectivity index (χ0n) is 14.2. The van der Waals surface area contributed by atoms with Crippen molar-refractivity contribution in [2.45, 2.75) is 31.4 Å². The number of fused-ring (bicyclic) bond motifs is 2. The van der Waals surface area contributed by atoms with E-state index in [0.717, 1.165) is 18.5 Å². The average molecular weight is 386 g/mol. The summed E-state index contributed by atoms with van der Waals surface area (Å²) in [6.07, 6.45) is 6.26. The number of aromatic nitrogens is 2. The Kier molecular flexibility index (Phi) is 5.08. The standard InChI is InChI=1S/C19H19N3O2S2/c23-17(21-16-7-3-5-13-4-1-2-6-15(13)16)12-25-11-14-10-18(24)22-8-9-26-19(22)20-14/h3,5,7-10H,1-2,4,6,11-12H2,(H,21,23). The molecule has 5 nitrogen and oxygen atoms in total. The minimum absolute atomic E-state index is 0.0112. The van der Waals surface area contributed by atoms with Crippen LogP contribution < -0.4 is 10.9 Å². The van der Waals surface area contributed by atoms with Crippen molar-refractivity contribution in [3.63, 3.8) is 0 Å². The summed E-state index contributed by atoms with van der Waals surface area (Å²) in [4.78, 5) is 29.4. The van der Waals surface area contributed by atoms with Crippen molar-refractivity contribution in [2.75, 3.05) is 11.1 Å². The number of nitrogens with one attached hydrogen (secondary N) is 1. The molecule has 0 unspecified atom stereocenters. The van der Waals surface area contributed by atoms with Crippen LogP contribution in [0.3, 0.4) is 0 Å². The molecule has 0 radical (unpaired) electrons. The van der Waals surface area contributed by atoms with Crippen LogP contribution in [0.2, 0.25) is 0 Å². The predicted molar refractivity (Wildman–Crippen MR) is 107 cm³/mol. The summed E-state index contributed by atoms with van der Waals surface area (Å²) in [5.74, 6) is 0.877. The maximum absolute atomic E-state index is 12.3. The average Bonchev–Trinajstić information content (AvgIpc) is 3.11.